The molecule has 178 valence electrons. The van der Waals surface area contributed by atoms with Crippen LogP contribution in [0.1, 0.15) is 69.4 Å². The van der Waals surface area contributed by atoms with Crippen molar-refractivity contribution in [3.05, 3.63) is 59.7 Å². The highest BCUT2D eigenvalue weighted by atomic mass is 17.2. The number of benzene rings is 2. The minimum absolute atomic E-state index is 0.326. The quantitative estimate of drug-likeness (QED) is 0.430. The number of rotatable bonds is 7. The van der Waals surface area contributed by atoms with Crippen molar-refractivity contribution in [3.8, 4) is 11.8 Å². The molecule has 0 radical (unpaired) electrons. The van der Waals surface area contributed by atoms with E-state index >= 15 is 0 Å². The Labute approximate surface area is 203 Å². The first-order valence-corrected chi connectivity index (χ1v) is 13.3. The summed E-state index contributed by atoms with van der Waals surface area (Å²) in [5.41, 5.74) is 3.78. The molecule has 4 nitrogen and oxygen atoms in total. The van der Waals surface area contributed by atoms with Crippen LogP contribution in [-0.4, -0.2) is 13.1 Å². The van der Waals surface area contributed by atoms with E-state index in [0.717, 1.165) is 42.7 Å². The predicted octanol–water partition coefficient (Wildman–Crippen LogP) is 6.80. The van der Waals surface area contributed by atoms with Crippen molar-refractivity contribution in [2.24, 2.45) is 23.2 Å². The van der Waals surface area contributed by atoms with Crippen molar-refractivity contribution >= 4 is 5.69 Å². The van der Waals surface area contributed by atoms with E-state index in [1.807, 2.05) is 6.07 Å². The van der Waals surface area contributed by atoms with Gasteiger partial charge in [-0.15, -0.1) is 0 Å². The zero-order valence-corrected chi connectivity index (χ0v) is 20.3. The Balaban J connectivity index is 1.19. The van der Waals surface area contributed by atoms with E-state index in [0.29, 0.717) is 17.9 Å². The zero-order valence-electron chi connectivity index (χ0n) is 20.3. The molecule has 4 aliphatic rings. The molecule has 1 saturated heterocycles. The highest BCUT2D eigenvalue weighted by Crippen LogP contribution is 2.68. The summed E-state index contributed by atoms with van der Waals surface area (Å²) >= 11 is 0. The highest BCUT2D eigenvalue weighted by Gasteiger charge is 2.67. The standard InChI is InChI=1S/C30H36N2O2/c1-2-29-21-32(25-13-14-28-22(17-25)19-33-34-28)18-27(29)26(29)15-16-30(20-31,23-9-5-3-6-10-23)24-11-7-4-8-12-24/h3,5-6,9-10,13-14,17,24,26-27H,2,4,7-8,11-12,15-16,18-19,21H2,1H3. The van der Waals surface area contributed by atoms with Gasteiger partial charge in [-0.1, -0.05) is 56.5 Å². The van der Waals surface area contributed by atoms with Crippen LogP contribution < -0.4 is 9.79 Å². The average molecular weight is 457 g/mol. The summed E-state index contributed by atoms with van der Waals surface area (Å²) < 4.78 is 0. The molecule has 4 atom stereocenters. The molecule has 2 aromatic carbocycles. The Morgan fingerprint density at radius 2 is 1.94 bits per heavy atom. The molecule has 2 heterocycles. The number of nitrogens with zero attached hydrogens (tertiary/aromatic N) is 2. The number of piperidine rings is 1. The molecule has 0 amide bonds. The van der Waals surface area contributed by atoms with E-state index in [2.05, 4.69) is 60.4 Å². The SMILES string of the molecule is CCC12CN(c3ccc4c(c3)COO4)CC1C2CCC(C#N)(c1ccccc1)C1CCCCC1. The van der Waals surface area contributed by atoms with Gasteiger partial charge in [0.25, 0.3) is 0 Å². The Bertz CT molecular complexity index is 1070. The molecule has 34 heavy (non-hydrogen) atoms. The molecule has 0 bridgehead atoms. The molecular formula is C30H36N2O2. The number of hydrogen-bond donors (Lipinski definition) is 0. The van der Waals surface area contributed by atoms with Gasteiger partial charge in [-0.2, -0.15) is 10.1 Å². The van der Waals surface area contributed by atoms with Crippen molar-refractivity contribution < 1.29 is 9.78 Å². The summed E-state index contributed by atoms with van der Waals surface area (Å²) in [4.78, 5) is 12.9. The zero-order chi connectivity index (χ0) is 23.2. The fourth-order valence-corrected chi connectivity index (χ4v) is 7.82. The fraction of sp³-hybridized carbons (Fsp3) is 0.567. The summed E-state index contributed by atoms with van der Waals surface area (Å²) in [7, 11) is 0. The molecule has 0 aromatic heterocycles. The van der Waals surface area contributed by atoms with Gasteiger partial charge in [-0.25, -0.2) is 0 Å². The Hall–Kier alpha value is -2.51. The molecule has 2 saturated carbocycles. The summed E-state index contributed by atoms with van der Waals surface area (Å²) in [6.07, 6.45) is 9.70. The molecule has 2 aliphatic carbocycles. The van der Waals surface area contributed by atoms with Crippen LogP contribution in [0.3, 0.4) is 0 Å². The number of nitriles is 1. The van der Waals surface area contributed by atoms with Gasteiger partial charge in [0.15, 0.2) is 5.75 Å². The van der Waals surface area contributed by atoms with Gasteiger partial charge < -0.3 is 9.79 Å². The third-order valence-electron chi connectivity index (χ3n) is 9.83. The molecule has 3 fully saturated rings. The lowest BCUT2D eigenvalue weighted by atomic mass is 9.63. The second-order valence-corrected chi connectivity index (χ2v) is 11.1. The molecule has 0 N–H and O–H groups in total. The molecule has 2 aromatic rings. The third-order valence-corrected chi connectivity index (χ3v) is 9.83. The van der Waals surface area contributed by atoms with Crippen LogP contribution >= 0.6 is 0 Å². The summed E-state index contributed by atoms with van der Waals surface area (Å²) in [6.45, 7) is 5.18. The molecule has 2 aliphatic heterocycles. The van der Waals surface area contributed by atoms with Gasteiger partial charge >= 0.3 is 0 Å². The van der Waals surface area contributed by atoms with Gasteiger partial charge in [-0.05, 0) is 79.0 Å². The Morgan fingerprint density at radius 1 is 1.12 bits per heavy atom. The van der Waals surface area contributed by atoms with E-state index in [1.165, 1.54) is 56.2 Å². The van der Waals surface area contributed by atoms with Gasteiger partial charge in [-0.3, -0.25) is 0 Å². The normalized spacial score (nSPS) is 29.6. The summed E-state index contributed by atoms with van der Waals surface area (Å²) in [6, 6.07) is 20.1. The number of anilines is 1. The predicted molar refractivity (Wildman–Crippen MR) is 133 cm³/mol. The van der Waals surface area contributed by atoms with E-state index in [1.54, 1.807) is 0 Å². The number of fused-ring (bicyclic) bond motifs is 2. The van der Waals surface area contributed by atoms with Crippen LogP contribution in [0, 0.1) is 34.5 Å². The van der Waals surface area contributed by atoms with Crippen LogP contribution in [0.5, 0.6) is 5.75 Å². The van der Waals surface area contributed by atoms with Gasteiger partial charge in [0.05, 0.1) is 11.5 Å². The summed E-state index contributed by atoms with van der Waals surface area (Å²) in [5.74, 6) is 2.84. The van der Waals surface area contributed by atoms with E-state index in [4.69, 9.17) is 9.78 Å². The first-order valence-electron chi connectivity index (χ1n) is 13.3. The lowest BCUT2D eigenvalue weighted by Gasteiger charge is -2.38. The van der Waals surface area contributed by atoms with Crippen molar-refractivity contribution in [3.63, 3.8) is 0 Å². The van der Waals surface area contributed by atoms with E-state index < -0.39 is 0 Å². The summed E-state index contributed by atoms with van der Waals surface area (Å²) in [5, 5.41) is 10.6. The molecular weight excluding hydrogens is 420 g/mol. The number of hydrogen-bond acceptors (Lipinski definition) is 4. The lowest BCUT2D eigenvalue weighted by Crippen LogP contribution is -2.36. The maximum atomic E-state index is 10.6. The van der Waals surface area contributed by atoms with Gasteiger partial charge in [0.1, 0.15) is 6.61 Å². The Morgan fingerprint density at radius 3 is 2.68 bits per heavy atom. The topological polar surface area (TPSA) is 45.5 Å². The van der Waals surface area contributed by atoms with Crippen LogP contribution in [-0.2, 0) is 16.9 Å². The minimum atomic E-state index is -0.326. The van der Waals surface area contributed by atoms with Crippen molar-refractivity contribution in [1.29, 1.82) is 5.26 Å². The van der Waals surface area contributed by atoms with Gasteiger partial charge in [0, 0.05) is 24.3 Å². The van der Waals surface area contributed by atoms with E-state index in [9.17, 15) is 5.26 Å². The van der Waals surface area contributed by atoms with E-state index in [-0.39, 0.29) is 5.41 Å². The van der Waals surface area contributed by atoms with Crippen molar-refractivity contribution in [2.75, 3.05) is 18.0 Å². The first-order chi connectivity index (χ1) is 16.7. The van der Waals surface area contributed by atoms with Crippen molar-refractivity contribution in [1.82, 2.24) is 0 Å². The van der Waals surface area contributed by atoms with Crippen LogP contribution in [0.15, 0.2) is 48.5 Å². The molecule has 6 rings (SSSR count). The monoisotopic (exact) mass is 456 g/mol. The second-order valence-electron chi connectivity index (χ2n) is 11.1. The maximum Gasteiger partial charge on any atom is 0.171 e. The first kappa shape index (κ1) is 22.0. The fourth-order valence-electron chi connectivity index (χ4n) is 7.82. The second kappa shape index (κ2) is 8.61. The van der Waals surface area contributed by atoms with Crippen LogP contribution in [0.2, 0.25) is 0 Å². The molecule has 0 spiro atoms. The average Bonchev–Trinajstić information content (AvgIpc) is 3.23. The smallest absolute Gasteiger partial charge is 0.171 e. The third kappa shape index (κ3) is 3.43. The molecule has 4 unspecified atom stereocenters. The minimum Gasteiger partial charge on any atom is -0.371 e. The van der Waals surface area contributed by atoms with Crippen LogP contribution in [0.4, 0.5) is 5.69 Å². The maximum absolute atomic E-state index is 10.6. The molecule has 4 heteroatoms. The highest BCUT2D eigenvalue weighted by molar-refractivity contribution is 5.56. The largest absolute Gasteiger partial charge is 0.371 e. The van der Waals surface area contributed by atoms with Crippen LogP contribution in [0.25, 0.3) is 0 Å². The van der Waals surface area contributed by atoms with Crippen molar-refractivity contribution in [2.45, 2.75) is 70.3 Å². The Kier molecular flexibility index (Phi) is 5.57. The lowest BCUT2D eigenvalue weighted by molar-refractivity contribution is -0.194. The van der Waals surface area contributed by atoms with Gasteiger partial charge in [0.2, 0.25) is 0 Å².